The van der Waals surface area contributed by atoms with Crippen LogP contribution in [0.1, 0.15) is 70.3 Å². The van der Waals surface area contributed by atoms with Gasteiger partial charge in [0.25, 0.3) is 0 Å². The average Bonchev–Trinajstić information content (AvgIpc) is 4.04. The molecule has 0 amide bonds. The molecule has 0 aliphatic rings. The summed E-state index contributed by atoms with van der Waals surface area (Å²) < 4.78 is 63.7. The number of hydrogen-bond donors (Lipinski definition) is 0. The van der Waals surface area contributed by atoms with E-state index < -0.39 is 27.5 Å². The Morgan fingerprint density at radius 2 is 1.42 bits per heavy atom. The Morgan fingerprint density at radius 1 is 0.667 bits per heavy atom. The number of para-hydroxylation sites is 2. The molecular formula is C57H51IrN5O2Si-2. The molecule has 0 saturated carbocycles. The van der Waals surface area contributed by atoms with Crippen LogP contribution < -0.4 is 5.19 Å². The molecule has 6 aromatic heterocycles. The van der Waals surface area contributed by atoms with E-state index in [4.69, 9.17) is 27.0 Å². The van der Waals surface area contributed by atoms with Crippen LogP contribution in [0.4, 0.5) is 0 Å². The fourth-order valence-electron chi connectivity index (χ4n) is 8.66. The fraction of sp³-hybridized carbons (Fsp3) is 0.193. The van der Waals surface area contributed by atoms with Gasteiger partial charge in [-0.1, -0.05) is 107 Å². The maximum atomic E-state index is 8.15. The molecule has 11 rings (SSSR count). The maximum absolute atomic E-state index is 8.15. The molecule has 9 heteroatoms. The minimum absolute atomic E-state index is 0. The van der Waals surface area contributed by atoms with Gasteiger partial charge in [0.2, 0.25) is 0 Å². The molecule has 0 unspecified atom stereocenters. The second-order valence-electron chi connectivity index (χ2n) is 18.1. The van der Waals surface area contributed by atoms with Crippen molar-refractivity contribution in [2.45, 2.75) is 72.9 Å². The van der Waals surface area contributed by atoms with E-state index in [2.05, 4.69) is 129 Å². The second-order valence-corrected chi connectivity index (χ2v) is 23.2. The maximum Gasteiger partial charge on any atom is 0.157 e. The van der Waals surface area contributed by atoms with Crippen molar-refractivity contribution in [3.05, 3.63) is 168 Å². The van der Waals surface area contributed by atoms with Gasteiger partial charge in [-0.25, -0.2) is 4.98 Å². The van der Waals surface area contributed by atoms with E-state index in [9.17, 15) is 0 Å². The predicted molar refractivity (Wildman–Crippen MR) is 270 cm³/mol. The van der Waals surface area contributed by atoms with Gasteiger partial charge >= 0.3 is 0 Å². The number of aryl methyl sites for hydroxylation is 2. The SMILES string of the molecule is C[Si](C)(C)c1ccc(-c2[c-]cccc2)nc1.[2H]C([2H])([2H])c1cc2c(oc3cnc4c5cc[c-]c(-c6nc7ccccc7n6-c6c(C(C)C)cc(-c7ccccc7)cc6C(C)C)c5oc4c32)c(C([2H])([2H])[2H])n1.[Ir]. The molecule has 0 bridgehead atoms. The van der Waals surface area contributed by atoms with Crippen LogP contribution >= 0.6 is 0 Å². The van der Waals surface area contributed by atoms with E-state index in [1.165, 1.54) is 28.6 Å². The number of pyridine rings is 3. The largest absolute Gasteiger partial charge is 0.498 e. The number of hydrogen-bond acceptors (Lipinski definition) is 6. The van der Waals surface area contributed by atoms with E-state index in [1.54, 1.807) is 0 Å². The van der Waals surface area contributed by atoms with Crippen molar-refractivity contribution in [3.63, 3.8) is 0 Å². The number of benzene rings is 5. The van der Waals surface area contributed by atoms with Gasteiger partial charge in [-0.3, -0.25) is 9.97 Å². The Balaban J connectivity index is 0.000000321. The Kier molecular flexibility index (Phi) is 10.1. The Bertz CT molecular complexity index is 3750. The topological polar surface area (TPSA) is 82.8 Å². The zero-order valence-corrected chi connectivity index (χ0v) is 41.1. The molecule has 5 aromatic carbocycles. The first-order chi connectivity index (χ1) is 33.8. The molecule has 11 aromatic rings. The van der Waals surface area contributed by atoms with E-state index >= 15 is 0 Å². The minimum atomic E-state index is -2.74. The van der Waals surface area contributed by atoms with Gasteiger partial charge in [-0.05, 0) is 94.4 Å². The van der Waals surface area contributed by atoms with Crippen LogP contribution in [-0.2, 0) is 20.1 Å². The molecule has 0 aliphatic carbocycles. The molecule has 0 aliphatic heterocycles. The Morgan fingerprint density at radius 3 is 2.11 bits per heavy atom. The summed E-state index contributed by atoms with van der Waals surface area (Å²) >= 11 is 0. The van der Waals surface area contributed by atoms with Crippen LogP contribution in [-0.4, -0.2) is 32.6 Å². The standard InChI is InChI=1S/C43H35N4O2.C14H16NSi.Ir/c1-23(2)31-20-28(27-13-8-7-9-14-27)21-32(24(3)4)39(31)47-35-18-11-10-17-34(35)46-43(47)30-16-12-15-29-38-42(49-41(29)30)37-33-19-25(5)45-26(6)40(33)48-36(37)22-44-38;1-16(2,3)13-9-10-14(15-11-13)12-7-5-4-6-8-12;/h7-15,17-24H,1-6H3;4-7,9-11H,1-3H3;/q2*-1;/i5D3,6D3;;. The third kappa shape index (κ3) is 7.99. The monoisotopic (exact) mass is 1060 g/mol. The summed E-state index contributed by atoms with van der Waals surface area (Å²) in [7, 11) is -1.23. The average molecular weight is 1060 g/mol. The minimum Gasteiger partial charge on any atom is -0.498 e. The molecule has 0 spiro atoms. The van der Waals surface area contributed by atoms with Crippen LogP contribution in [0.3, 0.4) is 0 Å². The quantitative estimate of drug-likeness (QED) is 0.117. The number of nitrogens with zero attached hydrogens (tertiary/aromatic N) is 5. The summed E-state index contributed by atoms with van der Waals surface area (Å²) in [5.41, 5.74) is 10.8. The molecule has 6 heterocycles. The first kappa shape index (κ1) is 37.7. The number of imidazole rings is 1. The van der Waals surface area contributed by atoms with E-state index in [-0.39, 0.29) is 54.2 Å². The molecule has 1 radical (unpaired) electrons. The van der Waals surface area contributed by atoms with Crippen molar-refractivity contribution < 1.29 is 37.2 Å². The van der Waals surface area contributed by atoms with Gasteiger partial charge in [0.1, 0.15) is 0 Å². The second kappa shape index (κ2) is 17.7. The first-order valence-electron chi connectivity index (χ1n) is 24.9. The molecular weight excluding hydrogens is 1010 g/mol. The Labute approximate surface area is 408 Å². The van der Waals surface area contributed by atoms with Crippen molar-refractivity contribution >= 4 is 68.3 Å². The van der Waals surface area contributed by atoms with Gasteiger partial charge in [0.15, 0.2) is 16.7 Å². The third-order valence-corrected chi connectivity index (χ3v) is 14.0. The zero-order chi connectivity index (χ0) is 50.1. The van der Waals surface area contributed by atoms with Gasteiger partial charge < -0.3 is 18.4 Å². The third-order valence-electron chi connectivity index (χ3n) is 12.0. The van der Waals surface area contributed by atoms with Crippen molar-refractivity contribution in [2.24, 2.45) is 0 Å². The summed E-state index contributed by atoms with van der Waals surface area (Å²) in [4.78, 5) is 18.5. The van der Waals surface area contributed by atoms with E-state index in [0.29, 0.717) is 38.8 Å². The number of rotatable bonds is 7. The molecule has 331 valence electrons. The Hall–Kier alpha value is -6.51. The van der Waals surface area contributed by atoms with Gasteiger partial charge in [0, 0.05) is 51.3 Å². The fourth-order valence-corrected chi connectivity index (χ4v) is 9.70. The van der Waals surface area contributed by atoms with Crippen molar-refractivity contribution in [1.82, 2.24) is 24.5 Å². The number of aromatic nitrogens is 5. The van der Waals surface area contributed by atoms with Gasteiger partial charge in [-0.15, -0.1) is 54.1 Å². The van der Waals surface area contributed by atoms with E-state index in [0.717, 1.165) is 39.1 Å². The molecule has 7 nitrogen and oxygen atoms in total. The normalized spacial score (nSPS) is 13.6. The summed E-state index contributed by atoms with van der Waals surface area (Å²) in [6.45, 7) is 10.4. The van der Waals surface area contributed by atoms with Crippen molar-refractivity contribution in [2.75, 3.05) is 0 Å². The van der Waals surface area contributed by atoms with Crippen molar-refractivity contribution in [1.29, 1.82) is 0 Å². The molecule has 66 heavy (non-hydrogen) atoms. The van der Waals surface area contributed by atoms with Crippen LogP contribution in [0.5, 0.6) is 0 Å². The van der Waals surface area contributed by atoms with Crippen molar-refractivity contribution in [3.8, 4) is 39.5 Å². The zero-order valence-electron chi connectivity index (χ0n) is 43.7. The van der Waals surface area contributed by atoms with Gasteiger partial charge in [-0.2, -0.15) is 0 Å². The first-order valence-corrected chi connectivity index (χ1v) is 25.4. The number of furan rings is 2. The van der Waals surface area contributed by atoms with Crippen LogP contribution in [0.15, 0.2) is 143 Å². The van der Waals surface area contributed by atoms with E-state index in [1.807, 2.05) is 66.9 Å². The molecule has 0 fully saturated rings. The summed E-state index contributed by atoms with van der Waals surface area (Å²) in [6.07, 6.45) is 3.52. The summed E-state index contributed by atoms with van der Waals surface area (Å²) in [5, 5.41) is 2.77. The molecule has 0 N–H and O–H groups in total. The molecule has 0 saturated heterocycles. The van der Waals surface area contributed by atoms with Crippen LogP contribution in [0, 0.1) is 25.8 Å². The summed E-state index contributed by atoms with van der Waals surface area (Å²) in [5.74, 6) is 0.961. The predicted octanol–water partition coefficient (Wildman–Crippen LogP) is 14.7. The summed E-state index contributed by atoms with van der Waals surface area (Å²) in [6, 6.07) is 47.0. The molecule has 0 atom stereocenters. The van der Waals surface area contributed by atoms with Crippen LogP contribution in [0.25, 0.3) is 94.5 Å². The number of fused-ring (bicyclic) bond motifs is 8. The van der Waals surface area contributed by atoms with Crippen LogP contribution in [0.2, 0.25) is 19.6 Å². The van der Waals surface area contributed by atoms with Gasteiger partial charge in [0.05, 0.1) is 53.3 Å². The smallest absolute Gasteiger partial charge is 0.157 e.